The molecule has 15 heavy (non-hydrogen) atoms. The van der Waals surface area contributed by atoms with E-state index in [9.17, 15) is 0 Å². The molecule has 1 rings (SSSR count). The Kier molecular flexibility index (Phi) is 5.51. The van der Waals surface area contributed by atoms with Crippen molar-refractivity contribution in [3.8, 4) is 5.75 Å². The van der Waals surface area contributed by atoms with Crippen LogP contribution in [-0.4, -0.2) is 30.1 Å². The highest BCUT2D eigenvalue weighted by molar-refractivity contribution is 6.20. The smallest absolute Gasteiger partial charge is 0.184 e. The van der Waals surface area contributed by atoms with Gasteiger partial charge in [0.15, 0.2) is 5.56 Å². The van der Waals surface area contributed by atoms with Crippen LogP contribution in [0.15, 0.2) is 30.3 Å². The van der Waals surface area contributed by atoms with Crippen LogP contribution in [0.1, 0.15) is 13.8 Å². The first-order chi connectivity index (χ1) is 7.26. The van der Waals surface area contributed by atoms with Gasteiger partial charge in [-0.05, 0) is 25.2 Å². The van der Waals surface area contributed by atoms with Crippen molar-refractivity contribution < 1.29 is 4.74 Å². The third kappa shape index (κ3) is 4.54. The molecule has 0 amide bonds. The standard InChI is InChI=1S/C12H18ClNO/c1-3-14(4-2)10-12(13)15-11-8-6-5-7-9-11/h5-9,12H,3-4,10H2,1-2H3. The van der Waals surface area contributed by atoms with Crippen molar-refractivity contribution in [3.63, 3.8) is 0 Å². The molecule has 84 valence electrons. The number of alkyl halides is 1. The predicted molar refractivity (Wildman–Crippen MR) is 64.5 cm³/mol. The van der Waals surface area contributed by atoms with E-state index in [1.807, 2.05) is 30.3 Å². The van der Waals surface area contributed by atoms with Gasteiger partial charge in [0.25, 0.3) is 0 Å². The van der Waals surface area contributed by atoms with Gasteiger partial charge in [-0.3, -0.25) is 4.90 Å². The molecule has 0 radical (unpaired) electrons. The van der Waals surface area contributed by atoms with Crippen molar-refractivity contribution in [3.05, 3.63) is 30.3 Å². The van der Waals surface area contributed by atoms with Gasteiger partial charge in [0.2, 0.25) is 0 Å². The van der Waals surface area contributed by atoms with Gasteiger partial charge in [0.05, 0.1) is 0 Å². The summed E-state index contributed by atoms with van der Waals surface area (Å²) in [5.74, 6) is 0.824. The Labute approximate surface area is 96.8 Å². The number of rotatable bonds is 6. The van der Waals surface area contributed by atoms with Crippen molar-refractivity contribution in [2.24, 2.45) is 0 Å². The van der Waals surface area contributed by atoms with Crippen molar-refractivity contribution in [2.75, 3.05) is 19.6 Å². The van der Waals surface area contributed by atoms with Crippen LogP contribution in [0, 0.1) is 0 Å². The van der Waals surface area contributed by atoms with Gasteiger partial charge in [-0.2, -0.15) is 0 Å². The molecule has 0 saturated heterocycles. The average Bonchev–Trinajstić information content (AvgIpc) is 2.27. The van der Waals surface area contributed by atoms with Gasteiger partial charge in [-0.1, -0.05) is 43.6 Å². The van der Waals surface area contributed by atoms with E-state index in [4.69, 9.17) is 16.3 Å². The minimum atomic E-state index is -0.285. The molecule has 3 heteroatoms. The fraction of sp³-hybridized carbons (Fsp3) is 0.500. The molecule has 1 atom stereocenters. The molecule has 0 N–H and O–H groups in total. The summed E-state index contributed by atoms with van der Waals surface area (Å²) in [6.07, 6.45) is 0. The molecular weight excluding hydrogens is 210 g/mol. The number of halogens is 1. The highest BCUT2D eigenvalue weighted by Gasteiger charge is 2.09. The van der Waals surface area contributed by atoms with Crippen LogP contribution in [0.4, 0.5) is 0 Å². The van der Waals surface area contributed by atoms with E-state index < -0.39 is 0 Å². The lowest BCUT2D eigenvalue weighted by Crippen LogP contribution is -2.32. The molecule has 2 nitrogen and oxygen atoms in total. The Morgan fingerprint density at radius 1 is 1.20 bits per heavy atom. The van der Waals surface area contributed by atoms with Crippen molar-refractivity contribution in [1.29, 1.82) is 0 Å². The molecular formula is C12H18ClNO. The molecule has 0 aromatic heterocycles. The van der Waals surface area contributed by atoms with Gasteiger partial charge in [-0.25, -0.2) is 0 Å². The monoisotopic (exact) mass is 227 g/mol. The van der Waals surface area contributed by atoms with Gasteiger partial charge < -0.3 is 4.74 Å². The molecule has 0 fully saturated rings. The number of likely N-dealkylation sites (N-methyl/N-ethyl adjacent to an activating group) is 1. The topological polar surface area (TPSA) is 12.5 Å². The number of nitrogens with zero attached hydrogens (tertiary/aromatic N) is 1. The zero-order chi connectivity index (χ0) is 11.1. The molecule has 0 bridgehead atoms. The fourth-order valence-corrected chi connectivity index (χ4v) is 1.67. The molecule has 0 saturated carbocycles. The van der Waals surface area contributed by atoms with E-state index in [0.29, 0.717) is 0 Å². The van der Waals surface area contributed by atoms with Gasteiger partial charge >= 0.3 is 0 Å². The van der Waals surface area contributed by atoms with Crippen LogP contribution < -0.4 is 4.74 Å². The first-order valence-electron chi connectivity index (χ1n) is 5.34. The van der Waals surface area contributed by atoms with Crippen molar-refractivity contribution >= 4 is 11.6 Å². The molecule has 0 aliphatic carbocycles. The Morgan fingerprint density at radius 2 is 1.80 bits per heavy atom. The zero-order valence-electron chi connectivity index (χ0n) is 9.32. The van der Waals surface area contributed by atoms with Crippen molar-refractivity contribution in [2.45, 2.75) is 19.4 Å². The Hall–Kier alpha value is -0.730. The molecule has 0 aliphatic heterocycles. The minimum Gasteiger partial charge on any atom is -0.473 e. The van der Waals surface area contributed by atoms with Crippen LogP contribution in [0.25, 0.3) is 0 Å². The molecule has 1 unspecified atom stereocenters. The van der Waals surface area contributed by atoms with Crippen LogP contribution in [0.3, 0.4) is 0 Å². The first-order valence-corrected chi connectivity index (χ1v) is 5.78. The van der Waals surface area contributed by atoms with Gasteiger partial charge in [-0.15, -0.1) is 0 Å². The van der Waals surface area contributed by atoms with E-state index in [1.54, 1.807) is 0 Å². The van der Waals surface area contributed by atoms with E-state index in [1.165, 1.54) is 0 Å². The second-order valence-corrected chi connectivity index (χ2v) is 3.81. The summed E-state index contributed by atoms with van der Waals surface area (Å²) < 4.78 is 5.57. The summed E-state index contributed by atoms with van der Waals surface area (Å²) in [6.45, 7) is 6.99. The van der Waals surface area contributed by atoms with Crippen LogP contribution >= 0.6 is 11.6 Å². The zero-order valence-corrected chi connectivity index (χ0v) is 10.1. The first kappa shape index (κ1) is 12.3. The highest BCUT2D eigenvalue weighted by atomic mass is 35.5. The number of hydrogen-bond donors (Lipinski definition) is 0. The lowest BCUT2D eigenvalue weighted by atomic mass is 10.3. The predicted octanol–water partition coefficient (Wildman–Crippen LogP) is 2.97. The quantitative estimate of drug-likeness (QED) is 0.693. The Bertz CT molecular complexity index is 262. The largest absolute Gasteiger partial charge is 0.473 e. The average molecular weight is 228 g/mol. The normalized spacial score (nSPS) is 12.8. The maximum atomic E-state index is 6.10. The number of benzene rings is 1. The van der Waals surface area contributed by atoms with Crippen LogP contribution in [0.5, 0.6) is 5.75 Å². The molecule has 0 spiro atoms. The maximum absolute atomic E-state index is 6.10. The van der Waals surface area contributed by atoms with Gasteiger partial charge in [0.1, 0.15) is 5.75 Å². The molecule has 1 aromatic carbocycles. The molecule has 1 aromatic rings. The minimum absolute atomic E-state index is 0.285. The van der Waals surface area contributed by atoms with Crippen molar-refractivity contribution in [1.82, 2.24) is 4.90 Å². The van der Waals surface area contributed by atoms with E-state index in [0.717, 1.165) is 25.4 Å². The maximum Gasteiger partial charge on any atom is 0.184 e. The lowest BCUT2D eigenvalue weighted by molar-refractivity contribution is 0.195. The Balaban J connectivity index is 2.39. The van der Waals surface area contributed by atoms with E-state index in [2.05, 4.69) is 18.7 Å². The SMILES string of the molecule is CCN(CC)CC(Cl)Oc1ccccc1. The third-order valence-corrected chi connectivity index (χ3v) is 2.53. The molecule has 0 heterocycles. The summed E-state index contributed by atoms with van der Waals surface area (Å²) in [7, 11) is 0. The number of ether oxygens (including phenoxy) is 1. The third-order valence-electron chi connectivity index (χ3n) is 2.30. The number of para-hydroxylation sites is 1. The lowest BCUT2D eigenvalue weighted by Gasteiger charge is -2.21. The fourth-order valence-electron chi connectivity index (χ4n) is 1.37. The summed E-state index contributed by atoms with van der Waals surface area (Å²) in [5.41, 5.74) is -0.285. The second kappa shape index (κ2) is 6.70. The summed E-state index contributed by atoms with van der Waals surface area (Å²) in [5, 5.41) is 0. The summed E-state index contributed by atoms with van der Waals surface area (Å²) >= 11 is 6.10. The Morgan fingerprint density at radius 3 is 2.33 bits per heavy atom. The number of hydrogen-bond acceptors (Lipinski definition) is 2. The van der Waals surface area contributed by atoms with Crippen LogP contribution in [0.2, 0.25) is 0 Å². The van der Waals surface area contributed by atoms with E-state index >= 15 is 0 Å². The van der Waals surface area contributed by atoms with Crippen LogP contribution in [-0.2, 0) is 0 Å². The summed E-state index contributed by atoms with van der Waals surface area (Å²) in [6, 6.07) is 9.67. The van der Waals surface area contributed by atoms with E-state index in [-0.39, 0.29) is 5.56 Å². The van der Waals surface area contributed by atoms with Gasteiger partial charge in [0, 0.05) is 6.54 Å². The summed E-state index contributed by atoms with van der Waals surface area (Å²) in [4.78, 5) is 2.24. The molecule has 0 aliphatic rings. The second-order valence-electron chi connectivity index (χ2n) is 3.33. The highest BCUT2D eigenvalue weighted by Crippen LogP contribution is 2.13.